The van der Waals surface area contributed by atoms with E-state index >= 15 is 0 Å². The van der Waals surface area contributed by atoms with Crippen LogP contribution in [0.1, 0.15) is 51.3 Å². The molecule has 1 aromatic heterocycles. The van der Waals surface area contributed by atoms with Gasteiger partial charge in [0, 0.05) is 12.6 Å². The van der Waals surface area contributed by atoms with Gasteiger partial charge in [-0.05, 0) is 33.6 Å². The van der Waals surface area contributed by atoms with E-state index in [2.05, 4.69) is 35.5 Å². The van der Waals surface area contributed by atoms with Crippen LogP contribution in [0.2, 0.25) is 0 Å². The van der Waals surface area contributed by atoms with Gasteiger partial charge in [0.05, 0.1) is 6.54 Å². The molecule has 1 aliphatic heterocycles. The lowest BCUT2D eigenvalue weighted by molar-refractivity contribution is 0.00533. The molecule has 5 nitrogen and oxygen atoms in total. The standard InChI is InChI=1S/C11H20N4O/c1-8(2)15-9(7-12)13-14-10(15)11(3)5-4-6-16-11/h8H,4-7,12H2,1-3H3. The van der Waals surface area contributed by atoms with Crippen LogP contribution in [0.3, 0.4) is 0 Å². The second-order valence-electron chi connectivity index (χ2n) is 4.79. The van der Waals surface area contributed by atoms with Gasteiger partial charge >= 0.3 is 0 Å². The van der Waals surface area contributed by atoms with Crippen molar-refractivity contribution >= 4 is 0 Å². The number of nitrogens with zero attached hydrogens (tertiary/aromatic N) is 3. The molecular formula is C11H20N4O. The Balaban J connectivity index is 2.44. The average molecular weight is 224 g/mol. The van der Waals surface area contributed by atoms with Crippen molar-refractivity contribution in [1.29, 1.82) is 0 Å². The van der Waals surface area contributed by atoms with Gasteiger partial charge in [-0.2, -0.15) is 0 Å². The first-order chi connectivity index (χ1) is 7.58. The third-order valence-corrected chi connectivity index (χ3v) is 3.16. The Morgan fingerprint density at radius 1 is 1.50 bits per heavy atom. The fourth-order valence-corrected chi connectivity index (χ4v) is 2.32. The second-order valence-corrected chi connectivity index (χ2v) is 4.79. The molecule has 5 heteroatoms. The highest BCUT2D eigenvalue weighted by Crippen LogP contribution is 2.35. The smallest absolute Gasteiger partial charge is 0.165 e. The van der Waals surface area contributed by atoms with E-state index in [4.69, 9.17) is 10.5 Å². The van der Waals surface area contributed by atoms with Crippen molar-refractivity contribution in [2.24, 2.45) is 5.73 Å². The maximum absolute atomic E-state index is 5.81. The highest BCUT2D eigenvalue weighted by Gasteiger charge is 2.37. The van der Waals surface area contributed by atoms with Crippen LogP contribution in [0.15, 0.2) is 0 Å². The zero-order valence-corrected chi connectivity index (χ0v) is 10.2. The van der Waals surface area contributed by atoms with Gasteiger partial charge in [0.25, 0.3) is 0 Å². The van der Waals surface area contributed by atoms with Crippen LogP contribution < -0.4 is 5.73 Å². The van der Waals surface area contributed by atoms with Crippen LogP contribution in [0.4, 0.5) is 0 Å². The fraction of sp³-hybridized carbons (Fsp3) is 0.818. The number of hydrogen-bond acceptors (Lipinski definition) is 4. The van der Waals surface area contributed by atoms with Gasteiger partial charge in [0.15, 0.2) is 5.82 Å². The maximum atomic E-state index is 5.81. The lowest BCUT2D eigenvalue weighted by Crippen LogP contribution is -2.27. The average Bonchev–Trinajstić information content (AvgIpc) is 2.83. The van der Waals surface area contributed by atoms with Crippen molar-refractivity contribution in [3.63, 3.8) is 0 Å². The first-order valence-electron chi connectivity index (χ1n) is 5.87. The van der Waals surface area contributed by atoms with Crippen LogP contribution in [0.25, 0.3) is 0 Å². The molecule has 0 radical (unpaired) electrons. The molecule has 0 saturated carbocycles. The topological polar surface area (TPSA) is 66.0 Å². The molecule has 1 saturated heterocycles. The van der Waals surface area contributed by atoms with Gasteiger partial charge in [-0.15, -0.1) is 10.2 Å². The van der Waals surface area contributed by atoms with Crippen molar-refractivity contribution in [3.05, 3.63) is 11.6 Å². The molecule has 1 aliphatic rings. The first-order valence-corrected chi connectivity index (χ1v) is 5.87. The Kier molecular flexibility index (Phi) is 2.99. The Hall–Kier alpha value is -0.940. The summed E-state index contributed by atoms with van der Waals surface area (Å²) in [5.74, 6) is 1.75. The molecule has 0 aliphatic carbocycles. The summed E-state index contributed by atoms with van der Waals surface area (Å²) >= 11 is 0. The number of ether oxygens (including phenoxy) is 1. The number of rotatable bonds is 3. The van der Waals surface area contributed by atoms with Crippen LogP contribution in [-0.2, 0) is 16.9 Å². The lowest BCUT2D eigenvalue weighted by atomic mass is 10.0. The van der Waals surface area contributed by atoms with E-state index in [1.54, 1.807) is 0 Å². The molecule has 2 rings (SSSR count). The number of aromatic nitrogens is 3. The molecule has 0 aromatic carbocycles. The van der Waals surface area contributed by atoms with Gasteiger partial charge in [-0.25, -0.2) is 0 Å². The van der Waals surface area contributed by atoms with Crippen LogP contribution >= 0.6 is 0 Å². The van der Waals surface area contributed by atoms with E-state index in [1.165, 1.54) is 0 Å². The van der Waals surface area contributed by atoms with Gasteiger partial charge in [0.2, 0.25) is 0 Å². The third-order valence-electron chi connectivity index (χ3n) is 3.16. The van der Waals surface area contributed by atoms with Gasteiger partial charge in [-0.3, -0.25) is 0 Å². The summed E-state index contributed by atoms with van der Waals surface area (Å²) < 4.78 is 7.91. The zero-order valence-electron chi connectivity index (χ0n) is 10.2. The quantitative estimate of drug-likeness (QED) is 0.841. The second kappa shape index (κ2) is 4.14. The molecule has 1 aromatic rings. The van der Waals surface area contributed by atoms with E-state index < -0.39 is 0 Å². The molecule has 0 spiro atoms. The third kappa shape index (κ3) is 1.74. The van der Waals surface area contributed by atoms with Crippen molar-refractivity contribution in [3.8, 4) is 0 Å². The number of hydrogen-bond donors (Lipinski definition) is 1. The van der Waals surface area contributed by atoms with Crippen molar-refractivity contribution in [2.75, 3.05) is 6.61 Å². The molecule has 2 heterocycles. The highest BCUT2D eigenvalue weighted by molar-refractivity contribution is 5.08. The molecule has 90 valence electrons. The van der Waals surface area contributed by atoms with Crippen LogP contribution in [-0.4, -0.2) is 21.4 Å². The van der Waals surface area contributed by atoms with Gasteiger partial charge in [0.1, 0.15) is 11.4 Å². The van der Waals surface area contributed by atoms with E-state index in [1.807, 2.05) is 0 Å². The van der Waals surface area contributed by atoms with E-state index in [0.29, 0.717) is 12.6 Å². The predicted octanol–water partition coefficient (Wildman–Crippen LogP) is 1.34. The monoisotopic (exact) mass is 224 g/mol. The Bertz CT molecular complexity index is 366. The molecule has 2 N–H and O–H groups in total. The SMILES string of the molecule is CC(C)n1c(CN)nnc1C1(C)CCCO1. The fourth-order valence-electron chi connectivity index (χ4n) is 2.32. The molecule has 1 fully saturated rings. The van der Waals surface area contributed by atoms with Crippen LogP contribution in [0, 0.1) is 0 Å². The highest BCUT2D eigenvalue weighted by atomic mass is 16.5. The summed E-state index contributed by atoms with van der Waals surface area (Å²) in [7, 11) is 0. The van der Waals surface area contributed by atoms with Crippen molar-refractivity contribution < 1.29 is 4.74 Å². The minimum atomic E-state index is -0.287. The molecule has 1 unspecified atom stereocenters. The minimum absolute atomic E-state index is 0.287. The molecule has 1 atom stereocenters. The van der Waals surface area contributed by atoms with Crippen LogP contribution in [0.5, 0.6) is 0 Å². The normalized spacial score (nSPS) is 25.6. The Morgan fingerprint density at radius 2 is 2.25 bits per heavy atom. The van der Waals surface area contributed by atoms with Crippen molar-refractivity contribution in [2.45, 2.75) is 51.8 Å². The lowest BCUT2D eigenvalue weighted by Gasteiger charge is -2.25. The van der Waals surface area contributed by atoms with E-state index in [0.717, 1.165) is 31.1 Å². The summed E-state index contributed by atoms with van der Waals surface area (Å²) in [5.41, 5.74) is 5.39. The summed E-state index contributed by atoms with van der Waals surface area (Å²) in [6.45, 7) is 7.54. The van der Waals surface area contributed by atoms with Crippen molar-refractivity contribution in [1.82, 2.24) is 14.8 Å². The summed E-state index contributed by atoms with van der Waals surface area (Å²) in [6, 6.07) is 0.310. The summed E-state index contributed by atoms with van der Waals surface area (Å²) in [4.78, 5) is 0. The Morgan fingerprint density at radius 3 is 2.75 bits per heavy atom. The summed E-state index contributed by atoms with van der Waals surface area (Å²) in [5, 5.41) is 8.42. The van der Waals surface area contributed by atoms with E-state index in [9.17, 15) is 0 Å². The molecule has 0 bridgehead atoms. The van der Waals surface area contributed by atoms with Gasteiger partial charge < -0.3 is 15.0 Å². The largest absolute Gasteiger partial charge is 0.367 e. The maximum Gasteiger partial charge on any atom is 0.165 e. The first kappa shape index (κ1) is 11.5. The number of nitrogens with two attached hydrogens (primary N) is 1. The molecule has 0 amide bonds. The minimum Gasteiger partial charge on any atom is -0.367 e. The molecular weight excluding hydrogens is 204 g/mol. The summed E-state index contributed by atoms with van der Waals surface area (Å²) in [6.07, 6.45) is 2.09. The Labute approximate surface area is 96.0 Å². The zero-order chi connectivity index (χ0) is 11.8. The van der Waals surface area contributed by atoms with E-state index in [-0.39, 0.29) is 5.60 Å². The predicted molar refractivity (Wildman–Crippen MR) is 60.8 cm³/mol. The molecule has 16 heavy (non-hydrogen) atoms. The van der Waals surface area contributed by atoms with Gasteiger partial charge in [-0.1, -0.05) is 0 Å².